The topological polar surface area (TPSA) is 17.1 Å². The molecule has 0 saturated carbocycles. The van der Waals surface area contributed by atoms with Crippen LogP contribution < -0.4 is 0 Å². The van der Waals surface area contributed by atoms with E-state index < -0.39 is 0 Å². The molecule has 1 nitrogen and oxygen atoms in total. The third-order valence-corrected chi connectivity index (χ3v) is 4.79. The van der Waals surface area contributed by atoms with Crippen LogP contribution in [0.2, 0.25) is 0 Å². The molecule has 3 aromatic carbocycles. The smallest absolute Gasteiger partial charge is 0.295 e. The van der Waals surface area contributed by atoms with Crippen LogP contribution in [-0.2, 0) is 27.2 Å². The Balaban J connectivity index is 0.00000256. The summed E-state index contributed by atoms with van der Waals surface area (Å²) in [6.07, 6.45) is 9.33. The molecule has 0 heterocycles. The molecule has 0 radical (unpaired) electrons. The van der Waals surface area contributed by atoms with Crippen LogP contribution in [0.1, 0.15) is 23.6 Å². The Morgan fingerprint density at radius 3 is 1.87 bits per heavy atom. The van der Waals surface area contributed by atoms with Crippen molar-refractivity contribution in [2.24, 2.45) is 0 Å². The first kappa shape index (κ1) is 21.7. The molecule has 0 fully saturated rings. The monoisotopic (exact) mass is 570 g/mol. The maximum Gasteiger partial charge on any atom is 1.00 e. The number of rotatable bonds is 5. The maximum atomic E-state index is 11.7. The Kier molecular flexibility index (Phi) is 7.37. The van der Waals surface area contributed by atoms with Gasteiger partial charge in [-0.1, -0.05) is 114 Å². The Morgan fingerprint density at radius 1 is 0.767 bits per heavy atom. The Morgan fingerprint density at radius 2 is 1.30 bits per heavy atom. The van der Waals surface area contributed by atoms with Crippen molar-refractivity contribution in [1.82, 2.24) is 0 Å². The minimum atomic E-state index is 0. The van der Waals surface area contributed by atoms with Gasteiger partial charge in [-0.15, -0.1) is 34.4 Å². The molecule has 0 unspecified atom stereocenters. The standard InChI is InChI=1S/C28H21O.Au/c1-21(29)17-18-26-27(23-13-7-3-8-14-23)20-25(19-22-11-5-2-6-12-22)28(26)24-15-9-4-10-16-24;/h2-19H,1H3;/q-1;+1/b18-17-,25-19+;. The third-order valence-electron chi connectivity index (χ3n) is 4.79. The summed E-state index contributed by atoms with van der Waals surface area (Å²) in [6.45, 7) is 1.57. The molecule has 0 amide bonds. The van der Waals surface area contributed by atoms with Gasteiger partial charge in [-0.05, 0) is 13.0 Å². The van der Waals surface area contributed by atoms with E-state index in [1.54, 1.807) is 13.0 Å². The molecule has 150 valence electrons. The van der Waals surface area contributed by atoms with Crippen LogP contribution in [0, 0.1) is 6.08 Å². The van der Waals surface area contributed by atoms with Crippen LogP contribution in [0.25, 0.3) is 17.2 Å². The fourth-order valence-corrected chi connectivity index (χ4v) is 3.47. The van der Waals surface area contributed by atoms with E-state index in [1.165, 1.54) is 0 Å². The molecule has 2 heteroatoms. The van der Waals surface area contributed by atoms with Gasteiger partial charge in [0.25, 0.3) is 0 Å². The van der Waals surface area contributed by atoms with E-state index in [0.29, 0.717) is 0 Å². The number of carbonyl (C=O) groups excluding carboxylic acids is 1. The van der Waals surface area contributed by atoms with Crippen molar-refractivity contribution in [3.05, 3.63) is 137 Å². The average Bonchev–Trinajstić information content (AvgIpc) is 3.12. The van der Waals surface area contributed by atoms with Crippen LogP contribution >= 0.6 is 0 Å². The molecule has 0 saturated heterocycles. The zero-order valence-electron chi connectivity index (χ0n) is 16.6. The van der Waals surface area contributed by atoms with Gasteiger partial charge >= 0.3 is 22.4 Å². The summed E-state index contributed by atoms with van der Waals surface area (Å²) >= 11 is 0. The van der Waals surface area contributed by atoms with Crippen LogP contribution in [0.3, 0.4) is 0 Å². The zero-order valence-corrected chi connectivity index (χ0v) is 18.8. The molecule has 0 bridgehead atoms. The predicted octanol–water partition coefficient (Wildman–Crippen LogP) is 6.57. The fourth-order valence-electron chi connectivity index (χ4n) is 3.47. The van der Waals surface area contributed by atoms with E-state index in [2.05, 4.69) is 48.6 Å². The largest absolute Gasteiger partial charge is 1.00 e. The number of hydrogen-bond donors (Lipinski definition) is 0. The van der Waals surface area contributed by atoms with Crippen LogP contribution in [-0.4, -0.2) is 5.78 Å². The van der Waals surface area contributed by atoms with Crippen molar-refractivity contribution in [2.75, 3.05) is 0 Å². The fraction of sp³-hybridized carbons (Fsp3) is 0.0357. The van der Waals surface area contributed by atoms with Gasteiger partial charge < -0.3 is 0 Å². The van der Waals surface area contributed by atoms with Crippen LogP contribution in [0.4, 0.5) is 0 Å². The quantitative estimate of drug-likeness (QED) is 0.193. The van der Waals surface area contributed by atoms with Crippen molar-refractivity contribution in [3.63, 3.8) is 0 Å². The number of ketones is 1. The van der Waals surface area contributed by atoms with Crippen molar-refractivity contribution in [2.45, 2.75) is 6.92 Å². The molecule has 0 atom stereocenters. The Hall–Kier alpha value is -2.97. The Bertz CT molecular complexity index is 1140. The van der Waals surface area contributed by atoms with Gasteiger partial charge in [0.2, 0.25) is 0 Å². The van der Waals surface area contributed by atoms with Gasteiger partial charge in [0, 0.05) is 0 Å². The summed E-state index contributed by atoms with van der Waals surface area (Å²) in [5.74, 6) is 0.0258. The van der Waals surface area contributed by atoms with E-state index >= 15 is 0 Å². The van der Waals surface area contributed by atoms with E-state index in [1.807, 2.05) is 60.7 Å². The van der Waals surface area contributed by atoms with Crippen LogP contribution in [0.5, 0.6) is 0 Å². The summed E-state index contributed by atoms with van der Waals surface area (Å²) in [4.78, 5) is 11.7. The predicted molar refractivity (Wildman–Crippen MR) is 121 cm³/mol. The van der Waals surface area contributed by atoms with Gasteiger partial charge in [-0.25, -0.2) is 0 Å². The molecular weight excluding hydrogens is 549 g/mol. The molecule has 0 N–H and O–H groups in total. The summed E-state index contributed by atoms with van der Waals surface area (Å²) in [7, 11) is 0. The first-order valence-electron chi connectivity index (χ1n) is 9.67. The molecule has 0 aliphatic heterocycles. The number of carbonyl (C=O) groups is 1. The summed E-state index contributed by atoms with van der Waals surface area (Å²) < 4.78 is 0. The third kappa shape index (κ3) is 4.95. The molecular formula is C28H21AuO. The molecule has 4 rings (SSSR count). The summed E-state index contributed by atoms with van der Waals surface area (Å²) in [5, 5.41) is 0. The van der Waals surface area contributed by atoms with Crippen molar-refractivity contribution in [1.29, 1.82) is 0 Å². The molecule has 0 aromatic heterocycles. The second-order valence-corrected chi connectivity index (χ2v) is 6.93. The van der Waals surface area contributed by atoms with E-state index in [0.717, 1.165) is 39.0 Å². The first-order chi connectivity index (χ1) is 14.2. The van der Waals surface area contributed by atoms with Crippen molar-refractivity contribution < 1.29 is 27.2 Å². The second kappa shape index (κ2) is 10.2. The van der Waals surface area contributed by atoms with E-state index in [4.69, 9.17) is 0 Å². The average molecular weight is 570 g/mol. The maximum absolute atomic E-state index is 11.7. The SMILES string of the molecule is CC(=O)/C=C\C1=C(c2ccccc2)C(=C/c2ccccc2)/[C-]=C1c1ccccc1.[Au+]. The molecule has 1 aliphatic rings. The minimum absolute atomic E-state index is 0. The van der Waals surface area contributed by atoms with Gasteiger partial charge in [-0.3, -0.25) is 4.79 Å². The van der Waals surface area contributed by atoms with Gasteiger partial charge in [0.15, 0.2) is 5.78 Å². The second-order valence-electron chi connectivity index (χ2n) is 6.93. The summed E-state index contributed by atoms with van der Waals surface area (Å²) in [5.41, 5.74) is 7.43. The van der Waals surface area contributed by atoms with E-state index in [9.17, 15) is 4.79 Å². The zero-order chi connectivity index (χ0) is 20.1. The molecule has 30 heavy (non-hydrogen) atoms. The minimum Gasteiger partial charge on any atom is -0.295 e. The molecule has 0 spiro atoms. The normalized spacial score (nSPS) is 14.7. The van der Waals surface area contributed by atoms with Gasteiger partial charge in [0.1, 0.15) is 0 Å². The summed E-state index contributed by atoms with van der Waals surface area (Å²) in [6, 6.07) is 30.8. The number of benzene rings is 3. The van der Waals surface area contributed by atoms with Crippen molar-refractivity contribution >= 4 is 23.0 Å². The number of hydrogen-bond acceptors (Lipinski definition) is 1. The Labute approximate surface area is 193 Å². The van der Waals surface area contributed by atoms with E-state index in [-0.39, 0.29) is 28.2 Å². The molecule has 1 aliphatic carbocycles. The van der Waals surface area contributed by atoms with Gasteiger partial charge in [-0.2, -0.15) is 0 Å². The van der Waals surface area contributed by atoms with Crippen molar-refractivity contribution in [3.8, 4) is 0 Å². The number of allylic oxidation sites excluding steroid dienone is 7. The first-order valence-corrected chi connectivity index (χ1v) is 9.67. The van der Waals surface area contributed by atoms with Crippen LogP contribution in [0.15, 0.2) is 114 Å². The molecule has 3 aromatic rings. The van der Waals surface area contributed by atoms with Gasteiger partial charge in [0.05, 0.1) is 0 Å².